The highest BCUT2D eigenvalue weighted by Gasteiger charge is 2.34. The van der Waals surface area contributed by atoms with E-state index in [1.54, 1.807) is 0 Å². The largest absolute Gasteiger partial charge is 0.474 e. The van der Waals surface area contributed by atoms with Gasteiger partial charge in [-0.1, -0.05) is 62.8 Å². The number of nitrogens with zero attached hydrogens (tertiary/aromatic N) is 2. The summed E-state index contributed by atoms with van der Waals surface area (Å²) in [6, 6.07) is 10.3. The molecule has 0 aromatic heterocycles. The summed E-state index contributed by atoms with van der Waals surface area (Å²) in [5, 5.41) is 2.72. The van der Waals surface area contributed by atoms with Gasteiger partial charge in [0.15, 0.2) is 11.5 Å². The summed E-state index contributed by atoms with van der Waals surface area (Å²) >= 11 is 0. The molecule has 0 unspecified atom stereocenters. The van der Waals surface area contributed by atoms with Crippen molar-refractivity contribution in [2.45, 2.75) is 89.4 Å². The minimum Gasteiger partial charge on any atom is -0.474 e. The smallest absolute Gasteiger partial charge is 0.168 e. The fourth-order valence-electron chi connectivity index (χ4n) is 6.30. The third-order valence-electron chi connectivity index (χ3n) is 7.99. The lowest BCUT2D eigenvalue weighted by Gasteiger charge is -2.41. The second kappa shape index (κ2) is 8.05. The first-order valence-electron chi connectivity index (χ1n) is 12.2. The summed E-state index contributed by atoms with van der Waals surface area (Å²) in [5.74, 6) is 2.05. The molecule has 2 aliphatic carbocycles. The van der Waals surface area contributed by atoms with Crippen molar-refractivity contribution >= 4 is 10.8 Å². The molecule has 30 heavy (non-hydrogen) atoms. The van der Waals surface area contributed by atoms with Gasteiger partial charge in [-0.2, -0.15) is 0 Å². The van der Waals surface area contributed by atoms with E-state index in [1.165, 1.54) is 86.1 Å². The Hall–Kier alpha value is -1.78. The standard InChI is InChI=1S/C26H34N2O2/c1-3-9-19(10-4-1)27-15-23-21-13-7-8-14-22(21)24-16-28(20-11-5-2-6-12-20)18-30-26(24)25(23)29-17-27/h7-8,13-14,19-20H,1-6,9-12,15-18H2. The molecule has 0 radical (unpaired) electrons. The van der Waals surface area contributed by atoms with E-state index < -0.39 is 0 Å². The molecule has 0 amide bonds. The first-order valence-corrected chi connectivity index (χ1v) is 12.2. The number of hydrogen-bond donors (Lipinski definition) is 0. The van der Waals surface area contributed by atoms with Gasteiger partial charge in [0.25, 0.3) is 0 Å². The Bertz CT molecular complexity index is 840. The summed E-state index contributed by atoms with van der Waals surface area (Å²) < 4.78 is 12.9. The molecule has 4 nitrogen and oxygen atoms in total. The van der Waals surface area contributed by atoms with Crippen LogP contribution in [0.4, 0.5) is 0 Å². The Labute approximate surface area is 180 Å². The van der Waals surface area contributed by atoms with Crippen molar-refractivity contribution in [1.29, 1.82) is 0 Å². The van der Waals surface area contributed by atoms with Crippen LogP contribution in [0, 0.1) is 0 Å². The zero-order valence-corrected chi connectivity index (χ0v) is 18.1. The van der Waals surface area contributed by atoms with Gasteiger partial charge < -0.3 is 9.47 Å². The lowest BCUT2D eigenvalue weighted by atomic mass is 9.91. The molecule has 2 aromatic rings. The predicted octanol–water partition coefficient (Wildman–Crippen LogP) is 5.81. The van der Waals surface area contributed by atoms with Gasteiger partial charge in [0.1, 0.15) is 13.5 Å². The maximum absolute atomic E-state index is 6.46. The van der Waals surface area contributed by atoms with Gasteiger partial charge in [-0.15, -0.1) is 0 Å². The van der Waals surface area contributed by atoms with Gasteiger partial charge in [-0.25, -0.2) is 0 Å². The Morgan fingerprint density at radius 1 is 0.600 bits per heavy atom. The number of rotatable bonds is 2. The van der Waals surface area contributed by atoms with Crippen LogP contribution in [0.25, 0.3) is 10.8 Å². The van der Waals surface area contributed by atoms with Crippen LogP contribution < -0.4 is 9.47 Å². The molecule has 2 saturated carbocycles. The first-order chi connectivity index (χ1) is 14.9. The molecular weight excluding hydrogens is 372 g/mol. The van der Waals surface area contributed by atoms with E-state index in [9.17, 15) is 0 Å². The summed E-state index contributed by atoms with van der Waals surface area (Å²) in [6.07, 6.45) is 13.5. The molecule has 0 saturated heterocycles. The molecule has 2 aromatic carbocycles. The molecule has 0 spiro atoms. The summed E-state index contributed by atoms with van der Waals surface area (Å²) in [5.41, 5.74) is 2.68. The highest BCUT2D eigenvalue weighted by atomic mass is 16.5. The molecular formula is C26H34N2O2. The minimum atomic E-state index is 0.671. The second-order valence-corrected chi connectivity index (χ2v) is 9.79. The lowest BCUT2D eigenvalue weighted by Crippen LogP contribution is -2.43. The summed E-state index contributed by atoms with van der Waals surface area (Å²) in [4.78, 5) is 5.13. The van der Waals surface area contributed by atoms with Gasteiger partial charge in [0.2, 0.25) is 0 Å². The number of hydrogen-bond acceptors (Lipinski definition) is 4. The Morgan fingerprint density at radius 2 is 1.03 bits per heavy atom. The maximum atomic E-state index is 6.46. The second-order valence-electron chi connectivity index (χ2n) is 9.79. The van der Waals surface area contributed by atoms with Crippen molar-refractivity contribution in [2.75, 3.05) is 13.5 Å². The Balaban J connectivity index is 1.36. The SMILES string of the molecule is c1ccc2c3c(c4c(c2c1)CN(C1CCCCC1)CO4)OCN(C1CCCCC1)C3. The van der Waals surface area contributed by atoms with Gasteiger partial charge in [0.05, 0.1) is 0 Å². The fourth-order valence-corrected chi connectivity index (χ4v) is 6.30. The Morgan fingerprint density at radius 3 is 1.47 bits per heavy atom. The molecule has 0 N–H and O–H groups in total. The molecule has 2 aliphatic heterocycles. The Kier molecular flexibility index (Phi) is 5.08. The van der Waals surface area contributed by atoms with Crippen molar-refractivity contribution in [1.82, 2.24) is 9.80 Å². The van der Waals surface area contributed by atoms with Gasteiger partial charge in [-0.05, 0) is 36.5 Å². The lowest BCUT2D eigenvalue weighted by molar-refractivity contribution is 0.0215. The number of fused-ring (bicyclic) bond motifs is 6. The summed E-state index contributed by atoms with van der Waals surface area (Å²) in [6.45, 7) is 3.39. The van der Waals surface area contributed by atoms with Gasteiger partial charge >= 0.3 is 0 Å². The van der Waals surface area contributed by atoms with Crippen molar-refractivity contribution in [3.63, 3.8) is 0 Å². The fraction of sp³-hybridized carbons (Fsp3) is 0.615. The molecule has 6 rings (SSSR count). The van der Waals surface area contributed by atoms with Crippen LogP contribution in [0.1, 0.15) is 75.3 Å². The van der Waals surface area contributed by atoms with Crippen molar-refractivity contribution in [3.8, 4) is 11.5 Å². The van der Waals surface area contributed by atoms with E-state index >= 15 is 0 Å². The van der Waals surface area contributed by atoms with E-state index in [2.05, 4.69) is 34.1 Å². The molecule has 2 heterocycles. The van der Waals surface area contributed by atoms with Crippen LogP contribution in [0.2, 0.25) is 0 Å². The quantitative estimate of drug-likeness (QED) is 0.628. The first kappa shape index (κ1) is 18.9. The van der Waals surface area contributed by atoms with Gasteiger partial charge in [0, 0.05) is 36.3 Å². The van der Waals surface area contributed by atoms with E-state index in [4.69, 9.17) is 9.47 Å². The average molecular weight is 407 g/mol. The minimum absolute atomic E-state index is 0.671. The van der Waals surface area contributed by atoms with Crippen LogP contribution in [0.15, 0.2) is 24.3 Å². The van der Waals surface area contributed by atoms with Crippen molar-refractivity contribution < 1.29 is 9.47 Å². The third kappa shape index (κ3) is 3.29. The topological polar surface area (TPSA) is 24.9 Å². The highest BCUT2D eigenvalue weighted by Crippen LogP contribution is 2.47. The average Bonchev–Trinajstić information content (AvgIpc) is 2.85. The van der Waals surface area contributed by atoms with Crippen LogP contribution in [-0.2, 0) is 13.1 Å². The highest BCUT2D eigenvalue weighted by molar-refractivity contribution is 5.93. The molecule has 2 fully saturated rings. The zero-order chi connectivity index (χ0) is 19.9. The van der Waals surface area contributed by atoms with Crippen molar-refractivity contribution in [3.05, 3.63) is 35.4 Å². The van der Waals surface area contributed by atoms with Crippen molar-refractivity contribution in [2.24, 2.45) is 0 Å². The molecule has 0 atom stereocenters. The van der Waals surface area contributed by atoms with Crippen LogP contribution >= 0.6 is 0 Å². The molecule has 4 aliphatic rings. The molecule has 0 bridgehead atoms. The normalized spacial score (nSPS) is 24.1. The molecule has 4 heteroatoms. The third-order valence-corrected chi connectivity index (χ3v) is 7.99. The van der Waals surface area contributed by atoms with E-state index in [-0.39, 0.29) is 0 Å². The summed E-state index contributed by atoms with van der Waals surface area (Å²) in [7, 11) is 0. The number of benzene rings is 2. The van der Waals surface area contributed by atoms with E-state index in [1.807, 2.05) is 0 Å². The maximum Gasteiger partial charge on any atom is 0.168 e. The zero-order valence-electron chi connectivity index (χ0n) is 18.1. The monoisotopic (exact) mass is 406 g/mol. The van der Waals surface area contributed by atoms with E-state index in [0.29, 0.717) is 25.5 Å². The van der Waals surface area contributed by atoms with Crippen LogP contribution in [-0.4, -0.2) is 35.3 Å². The molecule has 160 valence electrons. The van der Waals surface area contributed by atoms with E-state index in [0.717, 1.165) is 24.6 Å². The predicted molar refractivity (Wildman–Crippen MR) is 120 cm³/mol. The van der Waals surface area contributed by atoms with Crippen LogP contribution in [0.3, 0.4) is 0 Å². The van der Waals surface area contributed by atoms with Crippen LogP contribution in [0.5, 0.6) is 11.5 Å². The van der Waals surface area contributed by atoms with Gasteiger partial charge in [-0.3, -0.25) is 9.80 Å². The number of ether oxygens (including phenoxy) is 2.